The van der Waals surface area contributed by atoms with Gasteiger partial charge in [0, 0.05) is 0 Å². The second-order valence-corrected chi connectivity index (χ2v) is 7.21. The molecule has 4 nitrogen and oxygen atoms in total. The van der Waals surface area contributed by atoms with E-state index in [0.717, 1.165) is 24.8 Å². The van der Waals surface area contributed by atoms with E-state index in [-0.39, 0.29) is 11.3 Å². The second kappa shape index (κ2) is 5.22. The molecule has 0 aliphatic heterocycles. The predicted octanol–water partition coefficient (Wildman–Crippen LogP) is 3.79. The maximum absolute atomic E-state index is 13.0. The number of ether oxygens (including phenoxy) is 1. The molecular weight excluding hydrogens is 290 g/mol. The summed E-state index contributed by atoms with van der Waals surface area (Å²) in [7, 11) is 1.34. The lowest BCUT2D eigenvalue weighted by molar-refractivity contribution is -0.123. The maximum atomic E-state index is 13.0. The number of hydrogen-bond donors (Lipinski definition) is 1. The van der Waals surface area contributed by atoms with Crippen LogP contribution in [0.1, 0.15) is 43.5 Å². The van der Waals surface area contributed by atoms with Gasteiger partial charge in [0.15, 0.2) is 0 Å². The van der Waals surface area contributed by atoms with Gasteiger partial charge in [-0.25, -0.2) is 4.79 Å². The Bertz CT molecular complexity index is 692. The molecule has 3 rings (SSSR count). The van der Waals surface area contributed by atoms with Crippen molar-refractivity contribution in [2.75, 3.05) is 12.4 Å². The highest BCUT2D eigenvalue weighted by Crippen LogP contribution is 2.65. The molecule has 4 heteroatoms. The van der Waals surface area contributed by atoms with Gasteiger partial charge < -0.3 is 10.1 Å². The molecule has 2 atom stereocenters. The zero-order valence-electron chi connectivity index (χ0n) is 13.9. The van der Waals surface area contributed by atoms with Crippen LogP contribution in [0.3, 0.4) is 0 Å². The van der Waals surface area contributed by atoms with E-state index in [1.165, 1.54) is 7.11 Å². The number of carbonyl (C=O) groups is 2. The lowest BCUT2D eigenvalue weighted by Gasteiger charge is -2.37. The normalized spacial score (nSPS) is 27.8. The molecule has 23 heavy (non-hydrogen) atoms. The van der Waals surface area contributed by atoms with Crippen LogP contribution in [0.5, 0.6) is 0 Å². The molecule has 2 aliphatic carbocycles. The zero-order chi connectivity index (χ0) is 16.8. The number of anilines is 1. The average Bonchev–Trinajstić information content (AvgIpc) is 3.07. The third-order valence-corrected chi connectivity index (χ3v) is 5.91. The lowest BCUT2D eigenvalue weighted by Crippen LogP contribution is -2.37. The Labute approximate surface area is 136 Å². The first-order chi connectivity index (χ1) is 10.8. The van der Waals surface area contributed by atoms with E-state index in [1.54, 1.807) is 24.3 Å². The molecule has 2 saturated carbocycles. The molecule has 2 fully saturated rings. The van der Waals surface area contributed by atoms with Crippen LogP contribution in [0.4, 0.5) is 5.69 Å². The fourth-order valence-corrected chi connectivity index (χ4v) is 4.26. The van der Waals surface area contributed by atoms with Crippen molar-refractivity contribution in [1.82, 2.24) is 0 Å². The minimum atomic E-state index is -0.503. The molecule has 1 amide bonds. The number of carbonyl (C=O) groups excluding carboxylic acids is 2. The maximum Gasteiger partial charge on any atom is 0.339 e. The quantitative estimate of drug-likeness (QED) is 0.682. The Hall–Kier alpha value is -2.10. The number of fused-ring (bicyclic) bond motifs is 2. The molecule has 2 aliphatic rings. The highest BCUT2D eigenvalue weighted by Gasteiger charge is 2.60. The Balaban J connectivity index is 1.89. The van der Waals surface area contributed by atoms with Crippen molar-refractivity contribution < 1.29 is 14.3 Å². The first-order valence-corrected chi connectivity index (χ1v) is 8.01. The summed E-state index contributed by atoms with van der Waals surface area (Å²) in [6.07, 6.45) is 2.75. The summed E-state index contributed by atoms with van der Waals surface area (Å²) >= 11 is 0. The fraction of sp³-hybridized carbons (Fsp3) is 0.474. The zero-order valence-corrected chi connectivity index (χ0v) is 13.9. The van der Waals surface area contributed by atoms with Crippen molar-refractivity contribution in [3.63, 3.8) is 0 Å². The number of rotatable bonds is 3. The minimum absolute atomic E-state index is 0.00252. The number of nitrogens with one attached hydrogen (secondary N) is 1. The second-order valence-electron chi connectivity index (χ2n) is 7.21. The molecule has 0 radical (unpaired) electrons. The summed E-state index contributed by atoms with van der Waals surface area (Å²) in [5, 5.41) is 2.95. The summed E-state index contributed by atoms with van der Waals surface area (Å²) in [6.45, 7) is 8.60. The minimum Gasteiger partial charge on any atom is -0.465 e. The van der Waals surface area contributed by atoms with Crippen molar-refractivity contribution in [1.29, 1.82) is 0 Å². The van der Waals surface area contributed by atoms with Crippen LogP contribution in [0.25, 0.3) is 0 Å². The molecule has 0 heterocycles. The van der Waals surface area contributed by atoms with Crippen LogP contribution >= 0.6 is 0 Å². The van der Waals surface area contributed by atoms with Gasteiger partial charge in [-0.2, -0.15) is 0 Å². The number of esters is 1. The van der Waals surface area contributed by atoms with Gasteiger partial charge in [0.1, 0.15) is 0 Å². The molecule has 1 aromatic carbocycles. The van der Waals surface area contributed by atoms with E-state index in [4.69, 9.17) is 4.74 Å². The van der Waals surface area contributed by atoms with Crippen LogP contribution in [-0.2, 0) is 9.53 Å². The third-order valence-electron chi connectivity index (χ3n) is 5.91. The summed E-state index contributed by atoms with van der Waals surface area (Å²) < 4.78 is 4.79. The monoisotopic (exact) mass is 313 g/mol. The van der Waals surface area contributed by atoms with Crippen LogP contribution in [0.2, 0.25) is 0 Å². The van der Waals surface area contributed by atoms with Gasteiger partial charge in [-0.05, 0) is 42.7 Å². The number of amides is 1. The largest absolute Gasteiger partial charge is 0.465 e. The number of benzene rings is 1. The van der Waals surface area contributed by atoms with E-state index >= 15 is 0 Å². The standard InChI is InChI=1S/C19H23NO3/c1-12-18(2,3)13-9-10-19(12,11-13)17(22)20-15-8-6-5-7-14(15)16(21)23-4/h5-8,13H,1,9-11H2,2-4H3,(H,20,22). The van der Waals surface area contributed by atoms with Gasteiger partial charge in [-0.3, -0.25) is 4.79 Å². The average molecular weight is 313 g/mol. The number of methoxy groups -OCH3 is 1. The molecule has 1 aromatic rings. The highest BCUT2D eigenvalue weighted by molar-refractivity contribution is 6.04. The first-order valence-electron chi connectivity index (χ1n) is 8.01. The van der Waals surface area contributed by atoms with Gasteiger partial charge in [0.2, 0.25) is 5.91 Å². The smallest absolute Gasteiger partial charge is 0.339 e. The van der Waals surface area contributed by atoms with Crippen LogP contribution < -0.4 is 5.32 Å². The summed E-state index contributed by atoms with van der Waals surface area (Å²) in [5.41, 5.74) is 1.39. The molecule has 0 saturated heterocycles. The van der Waals surface area contributed by atoms with Crippen LogP contribution in [-0.4, -0.2) is 19.0 Å². The first kappa shape index (κ1) is 15.8. The Morgan fingerprint density at radius 1 is 1.30 bits per heavy atom. The highest BCUT2D eigenvalue weighted by atomic mass is 16.5. The Morgan fingerprint density at radius 3 is 2.61 bits per heavy atom. The van der Waals surface area contributed by atoms with E-state index in [2.05, 4.69) is 25.7 Å². The summed E-state index contributed by atoms with van der Waals surface area (Å²) in [4.78, 5) is 24.9. The molecule has 0 aromatic heterocycles. The molecule has 122 valence electrons. The van der Waals surface area contributed by atoms with Crippen molar-refractivity contribution in [2.45, 2.75) is 33.1 Å². The van der Waals surface area contributed by atoms with Crippen LogP contribution in [0, 0.1) is 16.7 Å². The molecular formula is C19H23NO3. The number of para-hydroxylation sites is 1. The topological polar surface area (TPSA) is 55.4 Å². The third kappa shape index (κ3) is 2.19. The Kier molecular flexibility index (Phi) is 3.58. The van der Waals surface area contributed by atoms with Crippen molar-refractivity contribution in [2.24, 2.45) is 16.7 Å². The summed E-state index contributed by atoms with van der Waals surface area (Å²) in [5.74, 6) is 0.0109. The fourth-order valence-electron chi connectivity index (χ4n) is 4.26. The van der Waals surface area contributed by atoms with Gasteiger partial charge in [-0.1, -0.05) is 38.1 Å². The van der Waals surface area contributed by atoms with E-state index in [9.17, 15) is 9.59 Å². The number of hydrogen-bond acceptors (Lipinski definition) is 3. The Morgan fingerprint density at radius 2 is 2.00 bits per heavy atom. The molecule has 0 spiro atoms. The van der Waals surface area contributed by atoms with E-state index in [1.807, 2.05) is 0 Å². The van der Waals surface area contributed by atoms with Gasteiger partial charge in [-0.15, -0.1) is 0 Å². The van der Waals surface area contributed by atoms with Gasteiger partial charge >= 0.3 is 5.97 Å². The van der Waals surface area contributed by atoms with E-state index < -0.39 is 11.4 Å². The summed E-state index contributed by atoms with van der Waals surface area (Å²) in [6, 6.07) is 6.94. The van der Waals surface area contributed by atoms with Crippen molar-refractivity contribution >= 4 is 17.6 Å². The SMILES string of the molecule is C=C1C2(C(=O)Nc3ccccc3C(=O)OC)CCC(C2)C1(C)C. The lowest BCUT2D eigenvalue weighted by atomic mass is 9.68. The van der Waals surface area contributed by atoms with E-state index in [0.29, 0.717) is 17.2 Å². The predicted molar refractivity (Wildman–Crippen MR) is 89.1 cm³/mol. The van der Waals surface area contributed by atoms with Crippen molar-refractivity contribution in [3.05, 3.63) is 42.0 Å². The van der Waals surface area contributed by atoms with Crippen molar-refractivity contribution in [3.8, 4) is 0 Å². The molecule has 1 N–H and O–H groups in total. The van der Waals surface area contributed by atoms with Crippen LogP contribution in [0.15, 0.2) is 36.4 Å². The molecule has 2 unspecified atom stereocenters. The molecule has 2 bridgehead atoms. The van der Waals surface area contributed by atoms with Gasteiger partial charge in [0.05, 0.1) is 23.8 Å². The van der Waals surface area contributed by atoms with Gasteiger partial charge in [0.25, 0.3) is 0 Å².